The van der Waals surface area contributed by atoms with Gasteiger partial charge in [0.05, 0.1) is 22.7 Å². The Bertz CT molecular complexity index is 1040. The molecule has 5 nitrogen and oxygen atoms in total. The molecule has 1 unspecified atom stereocenters. The first-order chi connectivity index (χ1) is 15.4. The number of nitrogens with zero attached hydrogens (tertiary/aromatic N) is 1. The smallest absolute Gasteiger partial charge is 0.416 e. The summed E-state index contributed by atoms with van der Waals surface area (Å²) in [6, 6.07) is 11.3. The third-order valence-corrected chi connectivity index (χ3v) is 6.58. The Labute approximate surface area is 190 Å². The first kappa shape index (κ1) is 23.3. The molecule has 1 heterocycles. The van der Waals surface area contributed by atoms with Gasteiger partial charge in [0.15, 0.2) is 0 Å². The Hall–Kier alpha value is -2.87. The lowest BCUT2D eigenvalue weighted by Gasteiger charge is -2.27. The summed E-state index contributed by atoms with van der Waals surface area (Å²) >= 11 is 0. The van der Waals surface area contributed by atoms with E-state index in [9.17, 15) is 22.8 Å². The molecule has 1 saturated heterocycles. The van der Waals surface area contributed by atoms with E-state index in [4.69, 9.17) is 5.11 Å². The number of aromatic carboxylic acids is 1. The molecule has 0 aromatic heterocycles. The molecule has 2 fully saturated rings. The average Bonchev–Trinajstić information content (AvgIpc) is 3.45. The van der Waals surface area contributed by atoms with E-state index in [-0.39, 0.29) is 16.9 Å². The highest BCUT2D eigenvalue weighted by molar-refractivity contribution is 5.87. The van der Waals surface area contributed by atoms with Crippen LogP contribution in [0.5, 0.6) is 0 Å². The average molecular weight is 460 g/mol. The van der Waals surface area contributed by atoms with Gasteiger partial charge in [0.1, 0.15) is 0 Å². The van der Waals surface area contributed by atoms with Crippen LogP contribution in [-0.4, -0.2) is 34.5 Å². The van der Waals surface area contributed by atoms with E-state index in [0.717, 1.165) is 36.1 Å². The van der Waals surface area contributed by atoms with Crippen LogP contribution in [0.4, 0.5) is 13.2 Å². The first-order valence-corrected chi connectivity index (χ1v) is 10.9. The Morgan fingerprint density at radius 3 is 2.18 bits per heavy atom. The third kappa shape index (κ3) is 5.05. The van der Waals surface area contributed by atoms with E-state index in [1.807, 2.05) is 4.90 Å². The molecule has 8 heteroatoms. The Balaban J connectivity index is 1.48. The van der Waals surface area contributed by atoms with Gasteiger partial charge in [-0.3, -0.25) is 9.69 Å². The highest BCUT2D eigenvalue weighted by Crippen LogP contribution is 2.46. The van der Waals surface area contributed by atoms with Gasteiger partial charge in [0.2, 0.25) is 5.91 Å². The maximum absolute atomic E-state index is 13.3. The zero-order chi connectivity index (χ0) is 24.0. The Morgan fingerprint density at radius 2 is 1.67 bits per heavy atom. The minimum atomic E-state index is -4.38. The summed E-state index contributed by atoms with van der Waals surface area (Å²) in [5.74, 6) is -1.10. The lowest BCUT2D eigenvalue weighted by molar-refractivity contribution is -0.137. The molecule has 2 aromatic carbocycles. The third-order valence-electron chi connectivity index (χ3n) is 6.58. The first-order valence-electron chi connectivity index (χ1n) is 10.9. The van der Waals surface area contributed by atoms with E-state index < -0.39 is 29.3 Å². The second-order valence-corrected chi connectivity index (χ2v) is 9.94. The van der Waals surface area contributed by atoms with Crippen molar-refractivity contribution in [3.63, 3.8) is 0 Å². The van der Waals surface area contributed by atoms with Crippen molar-refractivity contribution in [2.45, 2.75) is 57.4 Å². The SMILES string of the molecule is CC1(C)CC(C(=O)NC2(c3ccc(C(=O)O)cc3)CC2)N(Cc2ccc(C(F)(F)F)cc2)C1. The van der Waals surface area contributed by atoms with Gasteiger partial charge in [0.25, 0.3) is 0 Å². The van der Waals surface area contributed by atoms with E-state index in [0.29, 0.717) is 19.5 Å². The predicted octanol–water partition coefficient (Wildman–Crippen LogP) is 4.81. The lowest BCUT2D eigenvalue weighted by atomic mass is 9.90. The monoisotopic (exact) mass is 460 g/mol. The van der Waals surface area contributed by atoms with Gasteiger partial charge >= 0.3 is 12.1 Å². The molecular formula is C25H27F3N2O3. The van der Waals surface area contributed by atoms with Crippen LogP contribution in [-0.2, 0) is 23.1 Å². The van der Waals surface area contributed by atoms with E-state index >= 15 is 0 Å². The van der Waals surface area contributed by atoms with E-state index in [1.54, 1.807) is 24.3 Å². The number of hydrogen-bond donors (Lipinski definition) is 2. The largest absolute Gasteiger partial charge is 0.478 e. The van der Waals surface area contributed by atoms with E-state index in [1.165, 1.54) is 12.1 Å². The van der Waals surface area contributed by atoms with Gasteiger partial charge < -0.3 is 10.4 Å². The molecule has 176 valence electrons. The number of rotatable bonds is 6. The predicted molar refractivity (Wildman–Crippen MR) is 116 cm³/mol. The van der Waals surface area contributed by atoms with Crippen LogP contribution in [0.3, 0.4) is 0 Å². The van der Waals surface area contributed by atoms with Crippen LogP contribution in [0.25, 0.3) is 0 Å². The van der Waals surface area contributed by atoms with Crippen LogP contribution >= 0.6 is 0 Å². The summed E-state index contributed by atoms with van der Waals surface area (Å²) in [5.41, 5.74) is 0.526. The van der Waals surface area contributed by atoms with Gasteiger partial charge in [-0.15, -0.1) is 0 Å². The van der Waals surface area contributed by atoms with Gasteiger partial charge in [-0.1, -0.05) is 38.1 Å². The zero-order valence-corrected chi connectivity index (χ0v) is 18.6. The van der Waals surface area contributed by atoms with Gasteiger partial charge in [0, 0.05) is 13.1 Å². The number of carboxylic acids is 1. The molecule has 2 N–H and O–H groups in total. The zero-order valence-electron chi connectivity index (χ0n) is 18.6. The normalized spacial score (nSPS) is 21.5. The summed E-state index contributed by atoms with van der Waals surface area (Å²) < 4.78 is 38.6. The molecule has 2 aromatic rings. The summed E-state index contributed by atoms with van der Waals surface area (Å²) in [4.78, 5) is 26.5. The fraction of sp³-hybridized carbons (Fsp3) is 0.440. The topological polar surface area (TPSA) is 69.6 Å². The number of likely N-dealkylation sites (tertiary alicyclic amines) is 1. The number of carbonyl (C=O) groups is 2. The maximum atomic E-state index is 13.3. The van der Waals surface area contributed by atoms with Crippen molar-refractivity contribution in [1.82, 2.24) is 10.2 Å². The van der Waals surface area contributed by atoms with Crippen LogP contribution in [0.2, 0.25) is 0 Å². The van der Waals surface area contributed by atoms with Crippen LogP contribution < -0.4 is 5.32 Å². The second kappa shape index (κ2) is 8.17. The van der Waals surface area contributed by atoms with Crippen molar-refractivity contribution >= 4 is 11.9 Å². The minimum absolute atomic E-state index is 0.103. The van der Waals surface area contributed by atoms with Crippen LogP contribution in [0, 0.1) is 5.41 Å². The van der Waals surface area contributed by atoms with Gasteiger partial charge in [-0.25, -0.2) is 4.79 Å². The number of nitrogens with one attached hydrogen (secondary N) is 1. The number of carboxylic acid groups (broad SMARTS) is 1. The Morgan fingerprint density at radius 1 is 1.06 bits per heavy atom. The number of carbonyl (C=O) groups excluding carboxylic acids is 1. The molecular weight excluding hydrogens is 433 g/mol. The number of halogens is 3. The summed E-state index contributed by atoms with van der Waals surface area (Å²) in [6.07, 6.45) is -2.17. The molecule has 1 saturated carbocycles. The molecule has 1 amide bonds. The van der Waals surface area contributed by atoms with Gasteiger partial charge in [-0.2, -0.15) is 13.2 Å². The van der Waals surface area contributed by atoms with Crippen molar-refractivity contribution in [3.8, 4) is 0 Å². The van der Waals surface area contributed by atoms with Crippen molar-refractivity contribution < 1.29 is 27.9 Å². The van der Waals surface area contributed by atoms with Crippen molar-refractivity contribution in [1.29, 1.82) is 0 Å². The number of amides is 1. The Kier molecular flexibility index (Phi) is 5.76. The second-order valence-electron chi connectivity index (χ2n) is 9.94. The van der Waals surface area contributed by atoms with E-state index in [2.05, 4.69) is 19.2 Å². The van der Waals surface area contributed by atoms with Crippen LogP contribution in [0.15, 0.2) is 48.5 Å². The number of alkyl halides is 3. The molecule has 33 heavy (non-hydrogen) atoms. The van der Waals surface area contributed by atoms with Crippen molar-refractivity contribution in [2.24, 2.45) is 5.41 Å². The molecule has 1 aliphatic heterocycles. The molecule has 2 aliphatic rings. The standard InChI is InChI=1S/C25H27F3N2O3/c1-23(2)13-20(30(15-23)14-16-3-7-19(8-4-16)25(26,27)28)21(31)29-24(11-12-24)18-9-5-17(6-10-18)22(32)33/h3-10,20H,11-15H2,1-2H3,(H,29,31)(H,32,33). The minimum Gasteiger partial charge on any atom is -0.478 e. The fourth-order valence-corrected chi connectivity index (χ4v) is 4.70. The molecule has 1 aliphatic carbocycles. The molecule has 0 radical (unpaired) electrons. The molecule has 4 rings (SSSR count). The summed E-state index contributed by atoms with van der Waals surface area (Å²) in [6.45, 7) is 5.21. The van der Waals surface area contributed by atoms with Gasteiger partial charge in [-0.05, 0) is 60.1 Å². The van der Waals surface area contributed by atoms with Crippen LogP contribution in [0.1, 0.15) is 60.2 Å². The number of benzene rings is 2. The summed E-state index contributed by atoms with van der Waals surface area (Å²) in [5, 5.41) is 12.3. The summed E-state index contributed by atoms with van der Waals surface area (Å²) in [7, 11) is 0. The lowest BCUT2D eigenvalue weighted by Crippen LogP contribution is -2.46. The quantitative estimate of drug-likeness (QED) is 0.649. The number of hydrogen-bond acceptors (Lipinski definition) is 3. The fourth-order valence-electron chi connectivity index (χ4n) is 4.70. The maximum Gasteiger partial charge on any atom is 0.416 e. The highest BCUT2D eigenvalue weighted by atomic mass is 19.4. The molecule has 0 spiro atoms. The van der Waals surface area contributed by atoms with Crippen molar-refractivity contribution in [3.05, 3.63) is 70.8 Å². The molecule has 1 atom stereocenters. The van der Waals surface area contributed by atoms with Crippen molar-refractivity contribution in [2.75, 3.05) is 6.54 Å². The highest BCUT2D eigenvalue weighted by Gasteiger charge is 2.49. The molecule has 0 bridgehead atoms.